The van der Waals surface area contributed by atoms with E-state index in [1.807, 2.05) is 6.92 Å². The lowest BCUT2D eigenvalue weighted by molar-refractivity contribution is -0.0523. The quantitative estimate of drug-likeness (QED) is 0.841. The first kappa shape index (κ1) is 17.0. The Labute approximate surface area is 130 Å². The summed E-state index contributed by atoms with van der Waals surface area (Å²) in [5, 5.41) is 0. The molecule has 4 nitrogen and oxygen atoms in total. The number of hydrogen-bond donors (Lipinski definition) is 1. The van der Waals surface area contributed by atoms with Crippen LogP contribution in [0.1, 0.15) is 25.8 Å². The molecule has 0 aliphatic carbocycles. The highest BCUT2D eigenvalue weighted by Gasteiger charge is 2.32. The van der Waals surface area contributed by atoms with Gasteiger partial charge in [-0.2, -0.15) is 8.78 Å². The topological polar surface area (TPSA) is 47.7 Å². The molecule has 0 saturated carbocycles. The summed E-state index contributed by atoms with van der Waals surface area (Å²) in [4.78, 5) is 2.22. The third kappa shape index (κ3) is 4.08. The van der Waals surface area contributed by atoms with Gasteiger partial charge in [0.1, 0.15) is 0 Å². The van der Waals surface area contributed by atoms with Gasteiger partial charge in [0.2, 0.25) is 0 Å². The Morgan fingerprint density at radius 3 is 2.77 bits per heavy atom. The number of halogens is 2. The van der Waals surface area contributed by atoms with Crippen molar-refractivity contribution in [2.24, 2.45) is 11.1 Å². The van der Waals surface area contributed by atoms with Gasteiger partial charge in [-0.1, -0.05) is 19.1 Å². The molecule has 1 saturated heterocycles. The number of rotatable bonds is 7. The SMILES string of the molecule is CCOc1cccc(CN2CCC(C)(CN)C2)c1OC(F)F. The van der Waals surface area contributed by atoms with Crippen LogP contribution < -0.4 is 15.2 Å². The van der Waals surface area contributed by atoms with Gasteiger partial charge in [0.25, 0.3) is 0 Å². The lowest BCUT2D eigenvalue weighted by Gasteiger charge is -2.23. The van der Waals surface area contributed by atoms with Crippen LogP contribution in [0.3, 0.4) is 0 Å². The molecule has 0 aromatic heterocycles. The van der Waals surface area contributed by atoms with Crippen molar-refractivity contribution in [3.05, 3.63) is 23.8 Å². The zero-order chi connectivity index (χ0) is 16.2. The molecule has 1 unspecified atom stereocenters. The molecule has 2 N–H and O–H groups in total. The molecule has 0 amide bonds. The number of ether oxygens (including phenoxy) is 2. The van der Waals surface area contributed by atoms with Gasteiger partial charge < -0.3 is 15.2 Å². The van der Waals surface area contributed by atoms with Gasteiger partial charge in [-0.25, -0.2) is 0 Å². The van der Waals surface area contributed by atoms with E-state index >= 15 is 0 Å². The molecule has 1 aromatic carbocycles. The average Bonchev–Trinajstić information content (AvgIpc) is 2.84. The molecule has 22 heavy (non-hydrogen) atoms. The third-order valence-corrected chi connectivity index (χ3v) is 4.09. The highest BCUT2D eigenvalue weighted by atomic mass is 19.3. The van der Waals surface area contributed by atoms with Gasteiger partial charge in [0, 0.05) is 18.7 Å². The van der Waals surface area contributed by atoms with Crippen molar-refractivity contribution < 1.29 is 18.3 Å². The lowest BCUT2D eigenvalue weighted by Crippen LogP contribution is -2.31. The first-order valence-corrected chi connectivity index (χ1v) is 7.59. The number of nitrogens with zero attached hydrogens (tertiary/aromatic N) is 1. The van der Waals surface area contributed by atoms with Gasteiger partial charge >= 0.3 is 6.61 Å². The van der Waals surface area contributed by atoms with Crippen LogP contribution in [-0.4, -0.2) is 37.8 Å². The van der Waals surface area contributed by atoms with E-state index in [2.05, 4.69) is 11.8 Å². The molecule has 2 rings (SSSR count). The van der Waals surface area contributed by atoms with E-state index in [0.717, 1.165) is 19.5 Å². The zero-order valence-electron chi connectivity index (χ0n) is 13.1. The Kier molecular flexibility index (Phi) is 5.58. The maximum Gasteiger partial charge on any atom is 0.387 e. The second kappa shape index (κ2) is 7.24. The minimum atomic E-state index is -2.87. The molecule has 1 fully saturated rings. The minimum absolute atomic E-state index is 0.0985. The Bertz CT molecular complexity index is 499. The molecule has 124 valence electrons. The summed E-state index contributed by atoms with van der Waals surface area (Å²) in [5.41, 5.74) is 6.63. The fraction of sp³-hybridized carbons (Fsp3) is 0.625. The van der Waals surface area contributed by atoms with Crippen LogP contribution in [0.5, 0.6) is 11.5 Å². The number of hydrogen-bond acceptors (Lipinski definition) is 4. The molecule has 0 radical (unpaired) electrons. The molecular weight excluding hydrogens is 290 g/mol. The molecule has 1 aromatic rings. The molecular formula is C16H24F2N2O2. The predicted molar refractivity (Wildman–Crippen MR) is 81.3 cm³/mol. The van der Waals surface area contributed by atoms with Gasteiger partial charge in [-0.3, -0.25) is 4.90 Å². The summed E-state index contributed by atoms with van der Waals surface area (Å²) in [7, 11) is 0. The van der Waals surface area contributed by atoms with Crippen LogP contribution in [0.2, 0.25) is 0 Å². The van der Waals surface area contributed by atoms with Crippen LogP contribution in [0.4, 0.5) is 8.78 Å². The van der Waals surface area contributed by atoms with Crippen molar-refractivity contribution in [2.75, 3.05) is 26.2 Å². The van der Waals surface area contributed by atoms with E-state index in [1.54, 1.807) is 18.2 Å². The van der Waals surface area contributed by atoms with Crippen molar-refractivity contribution in [3.8, 4) is 11.5 Å². The third-order valence-electron chi connectivity index (χ3n) is 4.09. The van der Waals surface area contributed by atoms with Gasteiger partial charge in [-0.05, 0) is 37.9 Å². The number of alkyl halides is 2. The Morgan fingerprint density at radius 2 is 2.18 bits per heavy atom. The standard InChI is InChI=1S/C16H24F2N2O2/c1-3-21-13-6-4-5-12(14(13)22-15(17)18)9-20-8-7-16(2,10-19)11-20/h4-6,15H,3,7-11,19H2,1-2H3. The van der Waals surface area contributed by atoms with E-state index in [4.69, 9.17) is 15.2 Å². The van der Waals surface area contributed by atoms with E-state index < -0.39 is 6.61 Å². The molecule has 1 heterocycles. The summed E-state index contributed by atoms with van der Waals surface area (Å²) < 4.78 is 35.5. The monoisotopic (exact) mass is 314 g/mol. The molecule has 0 spiro atoms. The molecule has 0 bridgehead atoms. The largest absolute Gasteiger partial charge is 0.490 e. The molecule has 1 aliphatic heterocycles. The van der Waals surface area contributed by atoms with Gasteiger partial charge in [-0.15, -0.1) is 0 Å². The number of likely N-dealkylation sites (tertiary alicyclic amines) is 1. The highest BCUT2D eigenvalue weighted by molar-refractivity contribution is 5.46. The van der Waals surface area contributed by atoms with Gasteiger partial charge in [0.15, 0.2) is 11.5 Å². The minimum Gasteiger partial charge on any atom is -0.490 e. The first-order valence-electron chi connectivity index (χ1n) is 7.59. The fourth-order valence-electron chi connectivity index (χ4n) is 2.85. The zero-order valence-corrected chi connectivity index (χ0v) is 13.1. The molecule has 1 atom stereocenters. The summed E-state index contributed by atoms with van der Waals surface area (Å²) in [6.45, 7) is 4.44. The summed E-state index contributed by atoms with van der Waals surface area (Å²) in [6.07, 6.45) is 1.01. The first-order chi connectivity index (χ1) is 10.5. The average molecular weight is 314 g/mol. The van der Waals surface area contributed by atoms with Crippen molar-refractivity contribution >= 4 is 0 Å². The van der Waals surface area contributed by atoms with Crippen LogP contribution >= 0.6 is 0 Å². The van der Waals surface area contributed by atoms with Crippen LogP contribution in [0.15, 0.2) is 18.2 Å². The Morgan fingerprint density at radius 1 is 1.41 bits per heavy atom. The van der Waals surface area contributed by atoms with Crippen LogP contribution in [0.25, 0.3) is 0 Å². The van der Waals surface area contributed by atoms with Crippen LogP contribution in [0, 0.1) is 5.41 Å². The second-order valence-electron chi connectivity index (χ2n) is 6.03. The van der Waals surface area contributed by atoms with E-state index in [1.165, 1.54) is 0 Å². The number of benzene rings is 1. The molecule has 6 heteroatoms. The summed E-state index contributed by atoms with van der Waals surface area (Å²) in [5.74, 6) is 0.502. The lowest BCUT2D eigenvalue weighted by atomic mass is 9.90. The van der Waals surface area contributed by atoms with E-state index in [9.17, 15) is 8.78 Å². The summed E-state index contributed by atoms with van der Waals surface area (Å²) in [6, 6.07) is 5.26. The maximum atomic E-state index is 12.7. The van der Waals surface area contributed by atoms with Gasteiger partial charge in [0.05, 0.1) is 6.61 Å². The normalized spacial score (nSPS) is 22.3. The second-order valence-corrected chi connectivity index (χ2v) is 6.03. The van der Waals surface area contributed by atoms with Crippen LogP contribution in [-0.2, 0) is 6.54 Å². The smallest absolute Gasteiger partial charge is 0.387 e. The van der Waals surface area contributed by atoms with E-state index in [0.29, 0.717) is 31.0 Å². The molecule has 1 aliphatic rings. The fourth-order valence-corrected chi connectivity index (χ4v) is 2.85. The highest BCUT2D eigenvalue weighted by Crippen LogP contribution is 2.36. The van der Waals surface area contributed by atoms with Crippen molar-refractivity contribution in [1.82, 2.24) is 4.90 Å². The van der Waals surface area contributed by atoms with Crippen molar-refractivity contribution in [3.63, 3.8) is 0 Å². The predicted octanol–water partition coefficient (Wildman–Crippen LogP) is 2.86. The summed E-state index contributed by atoms with van der Waals surface area (Å²) >= 11 is 0. The van der Waals surface area contributed by atoms with E-state index in [-0.39, 0.29) is 11.2 Å². The number of para-hydroxylation sites is 1. The Hall–Kier alpha value is -1.40. The Balaban J connectivity index is 2.17. The maximum absolute atomic E-state index is 12.7. The van der Waals surface area contributed by atoms with Crippen molar-refractivity contribution in [1.29, 1.82) is 0 Å². The number of nitrogens with two attached hydrogens (primary N) is 1. The van der Waals surface area contributed by atoms with Crippen molar-refractivity contribution in [2.45, 2.75) is 33.4 Å².